The summed E-state index contributed by atoms with van der Waals surface area (Å²) in [5.74, 6) is -0.967. The van der Waals surface area contributed by atoms with E-state index in [1.54, 1.807) is 0 Å². The molecule has 1 aromatic heterocycles. The fraction of sp³-hybridized carbons (Fsp3) is 0.125. The van der Waals surface area contributed by atoms with Crippen LogP contribution in [0.4, 0.5) is 0 Å². The van der Waals surface area contributed by atoms with Gasteiger partial charge in [0.15, 0.2) is 0 Å². The van der Waals surface area contributed by atoms with E-state index in [1.165, 1.54) is 18.4 Å². The molecule has 106 valence electrons. The molecule has 1 N–H and O–H groups in total. The number of carboxylic acid groups (broad SMARTS) is 1. The summed E-state index contributed by atoms with van der Waals surface area (Å²) in [4.78, 5) is 16.0. The molecular weight excluding hydrogens is 286 g/mol. The summed E-state index contributed by atoms with van der Waals surface area (Å²) in [5.41, 5.74) is 1.42. The van der Waals surface area contributed by atoms with E-state index >= 15 is 0 Å². The van der Waals surface area contributed by atoms with Crippen molar-refractivity contribution in [3.8, 4) is 10.6 Å². The highest BCUT2D eigenvalue weighted by Crippen LogP contribution is 2.33. The minimum absolute atomic E-state index is 0.197. The van der Waals surface area contributed by atoms with E-state index in [9.17, 15) is 9.90 Å². The molecule has 0 aliphatic heterocycles. The second-order valence-corrected chi connectivity index (χ2v) is 5.56. The summed E-state index contributed by atoms with van der Waals surface area (Å²) in [6.45, 7) is 0.197. The quantitative estimate of drug-likeness (QED) is 0.796. The van der Waals surface area contributed by atoms with E-state index in [1.807, 2.05) is 42.5 Å². The van der Waals surface area contributed by atoms with Crippen LogP contribution in [0, 0.1) is 0 Å². The maximum absolute atomic E-state index is 11.3. The molecule has 0 amide bonds. The Hall–Kier alpha value is -2.24. The maximum Gasteiger partial charge on any atom is 0.347 e. The number of ether oxygens (including phenoxy) is 1. The van der Waals surface area contributed by atoms with Crippen LogP contribution < -0.4 is 0 Å². The fourth-order valence-corrected chi connectivity index (χ4v) is 3.23. The van der Waals surface area contributed by atoms with Gasteiger partial charge in [-0.2, -0.15) is 0 Å². The van der Waals surface area contributed by atoms with Crippen LogP contribution in [0.25, 0.3) is 21.3 Å². The minimum Gasteiger partial charge on any atom is -0.477 e. The molecule has 0 spiro atoms. The molecule has 0 unspecified atom stereocenters. The molecule has 0 aliphatic carbocycles. The number of methoxy groups -OCH3 is 1. The fourth-order valence-electron chi connectivity index (χ4n) is 2.28. The number of fused-ring (bicyclic) bond motifs is 1. The molecule has 3 rings (SSSR count). The molecule has 0 bridgehead atoms. The summed E-state index contributed by atoms with van der Waals surface area (Å²) < 4.78 is 5.04. The zero-order valence-corrected chi connectivity index (χ0v) is 12.2. The van der Waals surface area contributed by atoms with Crippen molar-refractivity contribution in [2.24, 2.45) is 0 Å². The highest BCUT2D eigenvalue weighted by atomic mass is 32.1. The lowest BCUT2D eigenvalue weighted by Gasteiger charge is -2.02. The summed E-state index contributed by atoms with van der Waals surface area (Å²) in [6, 6.07) is 13.9. The van der Waals surface area contributed by atoms with Crippen LogP contribution in [0.2, 0.25) is 0 Å². The van der Waals surface area contributed by atoms with Crippen molar-refractivity contribution in [3.63, 3.8) is 0 Å². The molecule has 0 aliphatic rings. The standard InChI is InChI=1S/C16H13NO3S/c1-20-9-13-14(16(18)19)21-15(17-13)12-8-4-6-10-5-2-3-7-11(10)12/h2-8H,9H2,1H3,(H,18,19). The van der Waals surface area contributed by atoms with Gasteiger partial charge in [0.2, 0.25) is 0 Å². The van der Waals surface area contributed by atoms with Gasteiger partial charge in [-0.05, 0) is 10.8 Å². The first kappa shape index (κ1) is 13.7. The van der Waals surface area contributed by atoms with Gasteiger partial charge in [0, 0.05) is 12.7 Å². The van der Waals surface area contributed by atoms with Gasteiger partial charge < -0.3 is 9.84 Å². The number of rotatable bonds is 4. The van der Waals surface area contributed by atoms with E-state index in [2.05, 4.69) is 4.98 Å². The number of aromatic nitrogens is 1. The van der Waals surface area contributed by atoms with Crippen molar-refractivity contribution in [2.75, 3.05) is 7.11 Å². The average Bonchev–Trinajstić information content (AvgIpc) is 2.91. The summed E-state index contributed by atoms with van der Waals surface area (Å²) >= 11 is 1.18. The largest absolute Gasteiger partial charge is 0.477 e. The van der Waals surface area contributed by atoms with Gasteiger partial charge in [-0.25, -0.2) is 9.78 Å². The Morgan fingerprint density at radius 2 is 2.00 bits per heavy atom. The Bertz CT molecular complexity index is 805. The molecule has 0 atom stereocenters. The molecular formula is C16H13NO3S. The van der Waals surface area contributed by atoms with Gasteiger partial charge in [0.05, 0.1) is 12.3 Å². The Labute approximate surface area is 125 Å². The molecule has 3 aromatic rings. The first-order valence-electron chi connectivity index (χ1n) is 6.41. The molecule has 0 fully saturated rings. The maximum atomic E-state index is 11.3. The van der Waals surface area contributed by atoms with Gasteiger partial charge >= 0.3 is 5.97 Å². The zero-order valence-electron chi connectivity index (χ0n) is 11.4. The van der Waals surface area contributed by atoms with Crippen molar-refractivity contribution in [2.45, 2.75) is 6.61 Å². The van der Waals surface area contributed by atoms with Crippen molar-refractivity contribution in [1.82, 2.24) is 4.98 Å². The number of aromatic carboxylic acids is 1. The van der Waals surface area contributed by atoms with Crippen molar-refractivity contribution >= 4 is 28.1 Å². The highest BCUT2D eigenvalue weighted by Gasteiger charge is 2.18. The van der Waals surface area contributed by atoms with Gasteiger partial charge in [0.25, 0.3) is 0 Å². The third-order valence-corrected chi connectivity index (χ3v) is 4.31. The lowest BCUT2D eigenvalue weighted by Crippen LogP contribution is -1.99. The predicted octanol–water partition coefficient (Wildman–Crippen LogP) is 3.81. The predicted molar refractivity (Wildman–Crippen MR) is 82.7 cm³/mol. The van der Waals surface area contributed by atoms with Crippen LogP contribution in [-0.4, -0.2) is 23.2 Å². The van der Waals surface area contributed by atoms with Crippen LogP contribution in [0.3, 0.4) is 0 Å². The van der Waals surface area contributed by atoms with Crippen LogP contribution in [0.1, 0.15) is 15.4 Å². The Morgan fingerprint density at radius 1 is 1.24 bits per heavy atom. The topological polar surface area (TPSA) is 59.4 Å². The molecule has 5 heteroatoms. The van der Waals surface area contributed by atoms with E-state index in [0.29, 0.717) is 10.7 Å². The first-order valence-corrected chi connectivity index (χ1v) is 7.22. The Kier molecular flexibility index (Phi) is 3.68. The second kappa shape index (κ2) is 5.63. The van der Waals surface area contributed by atoms with Crippen LogP contribution in [0.15, 0.2) is 42.5 Å². The van der Waals surface area contributed by atoms with Crippen LogP contribution >= 0.6 is 11.3 Å². The molecule has 0 saturated heterocycles. The van der Waals surface area contributed by atoms with E-state index < -0.39 is 5.97 Å². The summed E-state index contributed by atoms with van der Waals surface area (Å²) in [7, 11) is 1.53. The minimum atomic E-state index is -0.967. The van der Waals surface area contributed by atoms with Gasteiger partial charge in [-0.15, -0.1) is 11.3 Å². The number of benzene rings is 2. The lowest BCUT2D eigenvalue weighted by atomic mass is 10.1. The SMILES string of the molecule is COCc1nc(-c2cccc3ccccc23)sc1C(=O)O. The van der Waals surface area contributed by atoms with Gasteiger partial charge in [-0.3, -0.25) is 0 Å². The molecule has 0 radical (unpaired) electrons. The number of hydrogen-bond acceptors (Lipinski definition) is 4. The van der Waals surface area contributed by atoms with Crippen LogP contribution in [0.5, 0.6) is 0 Å². The lowest BCUT2D eigenvalue weighted by molar-refractivity contribution is 0.0697. The van der Waals surface area contributed by atoms with Crippen molar-refractivity contribution in [1.29, 1.82) is 0 Å². The summed E-state index contributed by atoms with van der Waals surface area (Å²) in [6.07, 6.45) is 0. The number of carboxylic acids is 1. The highest BCUT2D eigenvalue weighted by molar-refractivity contribution is 7.17. The average molecular weight is 299 g/mol. The first-order chi connectivity index (χ1) is 10.2. The van der Waals surface area contributed by atoms with Crippen molar-refractivity contribution in [3.05, 3.63) is 53.0 Å². The number of carbonyl (C=O) groups is 1. The number of hydrogen-bond donors (Lipinski definition) is 1. The summed E-state index contributed by atoms with van der Waals surface area (Å²) in [5, 5.41) is 12.2. The molecule has 1 heterocycles. The number of thiazole rings is 1. The normalized spacial score (nSPS) is 10.9. The van der Waals surface area contributed by atoms with Gasteiger partial charge in [-0.1, -0.05) is 42.5 Å². The smallest absolute Gasteiger partial charge is 0.347 e. The van der Waals surface area contributed by atoms with Crippen molar-refractivity contribution < 1.29 is 14.6 Å². The van der Waals surface area contributed by atoms with Crippen LogP contribution in [-0.2, 0) is 11.3 Å². The third-order valence-electron chi connectivity index (χ3n) is 3.19. The third kappa shape index (κ3) is 2.53. The van der Waals surface area contributed by atoms with E-state index in [0.717, 1.165) is 16.3 Å². The second-order valence-electron chi connectivity index (χ2n) is 4.56. The Balaban J connectivity index is 2.19. The monoisotopic (exact) mass is 299 g/mol. The molecule has 2 aromatic carbocycles. The molecule has 4 nitrogen and oxygen atoms in total. The molecule has 21 heavy (non-hydrogen) atoms. The molecule has 0 saturated carbocycles. The number of nitrogens with zero attached hydrogens (tertiary/aromatic N) is 1. The zero-order chi connectivity index (χ0) is 14.8. The van der Waals surface area contributed by atoms with E-state index in [-0.39, 0.29) is 11.5 Å². The van der Waals surface area contributed by atoms with E-state index in [4.69, 9.17) is 4.74 Å². The Morgan fingerprint density at radius 3 is 2.76 bits per heavy atom. The van der Waals surface area contributed by atoms with Gasteiger partial charge in [0.1, 0.15) is 9.88 Å².